The fourth-order valence-electron chi connectivity index (χ4n) is 0.576. The zero-order valence-electron chi connectivity index (χ0n) is 8.76. The van der Waals surface area contributed by atoms with Gasteiger partial charge in [-0.3, -0.25) is 0 Å². The minimum atomic E-state index is -0.362. The average Bonchev–Trinajstić information content (AvgIpc) is 1.98. The van der Waals surface area contributed by atoms with Crippen molar-refractivity contribution in [1.29, 1.82) is 0 Å². The lowest BCUT2D eigenvalue weighted by Crippen LogP contribution is -2.10. The highest BCUT2D eigenvalue weighted by molar-refractivity contribution is 5.02. The van der Waals surface area contributed by atoms with Gasteiger partial charge in [-0.05, 0) is 30.4 Å². The first kappa shape index (κ1) is 11.5. The molecule has 0 heterocycles. The largest absolute Gasteiger partial charge is 0.388 e. The molecule has 1 heteroatoms. The van der Waals surface area contributed by atoms with Crippen molar-refractivity contribution in [3.8, 4) is 0 Å². The molecule has 1 nitrogen and oxygen atoms in total. The normalized spacial score (nSPS) is 13.0. The van der Waals surface area contributed by atoms with Crippen molar-refractivity contribution in [2.24, 2.45) is 11.8 Å². The summed E-state index contributed by atoms with van der Waals surface area (Å²) in [6, 6.07) is 0. The van der Waals surface area contributed by atoms with Crippen molar-refractivity contribution in [2.75, 3.05) is 0 Å². The Bertz CT molecular complexity index is 183. The van der Waals surface area contributed by atoms with Crippen LogP contribution >= 0.6 is 0 Å². The molecule has 0 radical (unpaired) electrons. The molecule has 0 amide bonds. The van der Waals surface area contributed by atoms with Crippen LogP contribution in [0.5, 0.6) is 0 Å². The van der Waals surface area contributed by atoms with Gasteiger partial charge >= 0.3 is 0 Å². The third-order valence-corrected chi connectivity index (χ3v) is 2.03. The van der Waals surface area contributed by atoms with E-state index in [9.17, 15) is 5.11 Å². The topological polar surface area (TPSA) is 20.2 Å². The lowest BCUT2D eigenvalue weighted by molar-refractivity contribution is 0.172. The molecule has 0 aliphatic rings. The monoisotopic (exact) mass is 168 g/mol. The third-order valence-electron chi connectivity index (χ3n) is 2.03. The van der Waals surface area contributed by atoms with Gasteiger partial charge in [-0.15, -0.1) is 5.73 Å². The smallest absolute Gasteiger partial charge is 0.0817 e. The van der Waals surface area contributed by atoms with E-state index in [0.29, 0.717) is 5.92 Å². The van der Waals surface area contributed by atoms with E-state index in [4.69, 9.17) is 0 Å². The Kier molecular flexibility index (Phi) is 4.96. The second-order valence-electron chi connectivity index (χ2n) is 3.88. The summed E-state index contributed by atoms with van der Waals surface area (Å²) >= 11 is 0. The fraction of sp³-hybridized carbons (Fsp3) is 0.727. The molecule has 0 aliphatic carbocycles. The Balaban J connectivity index is 4.30. The molecule has 0 saturated carbocycles. The summed E-state index contributed by atoms with van der Waals surface area (Å²) in [5.41, 5.74) is 4.29. The Morgan fingerprint density at radius 1 is 1.25 bits per heavy atom. The maximum absolute atomic E-state index is 9.43. The summed E-state index contributed by atoms with van der Waals surface area (Å²) in [5, 5.41) is 9.43. The van der Waals surface area contributed by atoms with Crippen LogP contribution in [0.25, 0.3) is 0 Å². The Morgan fingerprint density at radius 2 is 1.75 bits per heavy atom. The van der Waals surface area contributed by atoms with Crippen LogP contribution in [0, 0.1) is 11.8 Å². The maximum Gasteiger partial charge on any atom is 0.0817 e. The van der Waals surface area contributed by atoms with E-state index in [1.54, 1.807) is 6.08 Å². The van der Waals surface area contributed by atoms with Gasteiger partial charge in [0.1, 0.15) is 0 Å². The molecule has 70 valence electrons. The van der Waals surface area contributed by atoms with Crippen molar-refractivity contribution in [1.82, 2.24) is 0 Å². The molecule has 12 heavy (non-hydrogen) atoms. The van der Waals surface area contributed by atoms with Crippen molar-refractivity contribution in [3.05, 3.63) is 17.4 Å². The summed E-state index contributed by atoms with van der Waals surface area (Å²) in [4.78, 5) is 0. The molecule has 0 saturated heterocycles. The van der Waals surface area contributed by atoms with Crippen molar-refractivity contribution >= 4 is 0 Å². The van der Waals surface area contributed by atoms with E-state index in [1.165, 1.54) is 5.57 Å². The molecular formula is C11H20O. The Labute approximate surface area is 75.8 Å². The van der Waals surface area contributed by atoms with Gasteiger partial charge in [0.25, 0.3) is 0 Å². The molecule has 0 aromatic heterocycles. The Morgan fingerprint density at radius 3 is 2.08 bits per heavy atom. The summed E-state index contributed by atoms with van der Waals surface area (Å²) in [6.07, 6.45) is 1.39. The van der Waals surface area contributed by atoms with Gasteiger partial charge in [0, 0.05) is 0 Å². The zero-order valence-corrected chi connectivity index (χ0v) is 8.76. The highest BCUT2D eigenvalue weighted by Gasteiger charge is 2.03. The minimum Gasteiger partial charge on any atom is -0.388 e. The molecule has 1 atom stereocenters. The van der Waals surface area contributed by atoms with Crippen LogP contribution in [0.1, 0.15) is 34.6 Å². The predicted octanol–water partition coefficient (Wildman–Crippen LogP) is 2.76. The highest BCUT2D eigenvalue weighted by Crippen LogP contribution is 2.07. The first-order chi connectivity index (χ1) is 5.45. The standard InChI is InChI=1S/C11H20O/c1-8(2)10(5)6-7-11(12)9(3)4/h7-9,11-12H,1-5H3. The molecule has 0 aromatic carbocycles. The van der Waals surface area contributed by atoms with E-state index >= 15 is 0 Å². The van der Waals surface area contributed by atoms with Gasteiger partial charge in [0.2, 0.25) is 0 Å². The summed E-state index contributed by atoms with van der Waals surface area (Å²) < 4.78 is 0. The summed E-state index contributed by atoms with van der Waals surface area (Å²) in [5.74, 6) is 0.790. The molecule has 1 unspecified atom stereocenters. The summed E-state index contributed by atoms with van der Waals surface area (Å²) in [7, 11) is 0. The van der Waals surface area contributed by atoms with Crippen LogP contribution in [0.2, 0.25) is 0 Å². The van der Waals surface area contributed by atoms with Gasteiger partial charge < -0.3 is 5.11 Å². The van der Waals surface area contributed by atoms with Gasteiger partial charge in [0.15, 0.2) is 0 Å². The Hall–Kier alpha value is -0.520. The van der Waals surface area contributed by atoms with E-state index in [-0.39, 0.29) is 12.0 Å². The molecular weight excluding hydrogens is 148 g/mol. The number of aliphatic hydroxyl groups excluding tert-OH is 1. The number of hydrogen-bond donors (Lipinski definition) is 1. The van der Waals surface area contributed by atoms with Crippen LogP contribution in [-0.4, -0.2) is 11.2 Å². The number of aliphatic hydroxyl groups is 1. The first-order valence-corrected chi connectivity index (χ1v) is 4.56. The zero-order chi connectivity index (χ0) is 9.72. The van der Waals surface area contributed by atoms with E-state index in [0.717, 1.165) is 0 Å². The summed E-state index contributed by atoms with van der Waals surface area (Å²) in [6.45, 7) is 10.3. The van der Waals surface area contributed by atoms with Crippen LogP contribution < -0.4 is 0 Å². The maximum atomic E-state index is 9.43. The predicted molar refractivity (Wildman–Crippen MR) is 53.0 cm³/mol. The molecule has 0 aliphatic heterocycles. The highest BCUT2D eigenvalue weighted by atomic mass is 16.3. The van der Waals surface area contributed by atoms with Crippen LogP contribution in [0.15, 0.2) is 17.4 Å². The van der Waals surface area contributed by atoms with Gasteiger partial charge in [-0.25, -0.2) is 0 Å². The third kappa shape index (κ3) is 4.38. The number of rotatable bonds is 3. The molecule has 0 bridgehead atoms. The number of hydrogen-bond acceptors (Lipinski definition) is 1. The van der Waals surface area contributed by atoms with E-state index < -0.39 is 0 Å². The molecule has 0 fully saturated rings. The lowest BCUT2D eigenvalue weighted by Gasteiger charge is -2.07. The molecule has 0 rings (SSSR count). The van der Waals surface area contributed by atoms with Gasteiger partial charge in [-0.1, -0.05) is 27.7 Å². The lowest BCUT2D eigenvalue weighted by atomic mass is 10.0. The SMILES string of the molecule is CC(=C=CC(O)C(C)C)C(C)C. The fourth-order valence-corrected chi connectivity index (χ4v) is 0.576. The minimum absolute atomic E-state index is 0.275. The quantitative estimate of drug-likeness (QED) is 0.642. The molecule has 0 aromatic rings. The molecule has 0 spiro atoms. The van der Waals surface area contributed by atoms with Crippen LogP contribution in [0.4, 0.5) is 0 Å². The first-order valence-electron chi connectivity index (χ1n) is 4.56. The van der Waals surface area contributed by atoms with Crippen molar-refractivity contribution in [3.63, 3.8) is 0 Å². The van der Waals surface area contributed by atoms with Crippen LogP contribution in [0.3, 0.4) is 0 Å². The van der Waals surface area contributed by atoms with Crippen LogP contribution in [-0.2, 0) is 0 Å². The van der Waals surface area contributed by atoms with Gasteiger partial charge in [0.05, 0.1) is 6.10 Å². The van der Waals surface area contributed by atoms with Crippen molar-refractivity contribution in [2.45, 2.75) is 40.7 Å². The van der Waals surface area contributed by atoms with Crippen molar-refractivity contribution < 1.29 is 5.11 Å². The van der Waals surface area contributed by atoms with Gasteiger partial charge in [-0.2, -0.15) is 0 Å². The average molecular weight is 168 g/mol. The van der Waals surface area contributed by atoms with E-state index in [2.05, 4.69) is 19.6 Å². The van der Waals surface area contributed by atoms with E-state index in [1.807, 2.05) is 20.8 Å². The second kappa shape index (κ2) is 5.18. The molecule has 1 N–H and O–H groups in total. The second-order valence-corrected chi connectivity index (χ2v) is 3.88.